The molecule has 0 saturated carbocycles. The molecule has 38 heavy (non-hydrogen) atoms. The van der Waals surface area contributed by atoms with Crippen molar-refractivity contribution >= 4 is 58.7 Å². The molecule has 3 N–H and O–H groups in total. The standard InChI is InChI=1S/C28H22ClN5O3S/c29-21-8-13-25(31-17-21)34-26(35)18-38-23-11-9-22(10-12-23)32-28(37)24(15-19-5-4-14-30-16-19)33-27(36)20-6-2-1-3-7-20/h1-17H,18H2,(H,32,37)(H,33,36)(H,31,34,35)/b24-15-. The molecule has 0 atom stereocenters. The lowest BCUT2D eigenvalue weighted by atomic mass is 10.2. The predicted molar refractivity (Wildman–Crippen MR) is 150 cm³/mol. The summed E-state index contributed by atoms with van der Waals surface area (Å²) < 4.78 is 0. The Labute approximate surface area is 228 Å². The second kappa shape index (κ2) is 13.2. The van der Waals surface area contributed by atoms with E-state index in [4.69, 9.17) is 11.6 Å². The van der Waals surface area contributed by atoms with Crippen LogP contribution in [0.15, 0.2) is 108 Å². The van der Waals surface area contributed by atoms with Gasteiger partial charge in [-0.25, -0.2) is 4.98 Å². The normalized spacial score (nSPS) is 10.9. The highest BCUT2D eigenvalue weighted by Crippen LogP contribution is 2.21. The second-order valence-corrected chi connectivity index (χ2v) is 9.33. The lowest BCUT2D eigenvalue weighted by molar-refractivity contribution is -0.114. The second-order valence-electron chi connectivity index (χ2n) is 7.84. The molecule has 3 amide bonds. The minimum absolute atomic E-state index is 0.0674. The first-order valence-electron chi connectivity index (χ1n) is 11.4. The number of benzene rings is 2. The third-order valence-electron chi connectivity index (χ3n) is 5.00. The fraction of sp³-hybridized carbons (Fsp3) is 0.0357. The Hall–Kier alpha value is -4.47. The molecule has 0 radical (unpaired) electrons. The van der Waals surface area contributed by atoms with Gasteiger partial charge in [0.15, 0.2) is 0 Å². The highest BCUT2D eigenvalue weighted by molar-refractivity contribution is 8.00. The van der Waals surface area contributed by atoms with Crippen molar-refractivity contribution in [3.8, 4) is 0 Å². The van der Waals surface area contributed by atoms with Gasteiger partial charge in [-0.1, -0.05) is 35.9 Å². The number of anilines is 2. The Morgan fingerprint density at radius 2 is 1.66 bits per heavy atom. The first kappa shape index (κ1) is 26.6. The number of carbonyl (C=O) groups is 3. The van der Waals surface area contributed by atoms with E-state index in [1.165, 1.54) is 18.0 Å². The molecule has 4 aromatic rings. The van der Waals surface area contributed by atoms with E-state index in [0.717, 1.165) is 4.90 Å². The predicted octanol–water partition coefficient (Wildman–Crippen LogP) is 5.27. The van der Waals surface area contributed by atoms with Gasteiger partial charge < -0.3 is 16.0 Å². The Morgan fingerprint density at radius 1 is 0.868 bits per heavy atom. The van der Waals surface area contributed by atoms with Crippen LogP contribution in [0, 0.1) is 0 Å². The maximum Gasteiger partial charge on any atom is 0.272 e. The van der Waals surface area contributed by atoms with Crippen molar-refractivity contribution in [2.24, 2.45) is 0 Å². The quantitative estimate of drug-likeness (QED) is 0.196. The van der Waals surface area contributed by atoms with Crippen LogP contribution in [0.1, 0.15) is 15.9 Å². The van der Waals surface area contributed by atoms with Crippen LogP contribution in [0.2, 0.25) is 5.02 Å². The Bertz CT molecular complexity index is 1430. The van der Waals surface area contributed by atoms with Crippen LogP contribution in [0.25, 0.3) is 6.08 Å². The summed E-state index contributed by atoms with van der Waals surface area (Å²) in [5, 5.41) is 8.68. The van der Waals surface area contributed by atoms with Crippen molar-refractivity contribution in [3.63, 3.8) is 0 Å². The average Bonchev–Trinajstić information content (AvgIpc) is 2.94. The molecule has 0 aliphatic heterocycles. The first-order chi connectivity index (χ1) is 18.5. The van der Waals surface area contributed by atoms with E-state index in [1.807, 2.05) is 0 Å². The molecule has 2 heterocycles. The van der Waals surface area contributed by atoms with E-state index < -0.39 is 11.8 Å². The summed E-state index contributed by atoms with van der Waals surface area (Å²) in [5.41, 5.74) is 1.68. The van der Waals surface area contributed by atoms with E-state index in [0.29, 0.717) is 27.7 Å². The molecular formula is C28H22ClN5O3S. The SMILES string of the molecule is O=C(CSc1ccc(NC(=O)/C(=C/c2cccnc2)NC(=O)c2ccccc2)cc1)Nc1ccc(Cl)cn1. The highest BCUT2D eigenvalue weighted by Gasteiger charge is 2.15. The van der Waals surface area contributed by atoms with Crippen LogP contribution >= 0.6 is 23.4 Å². The summed E-state index contributed by atoms with van der Waals surface area (Å²) in [7, 11) is 0. The number of hydrogen-bond acceptors (Lipinski definition) is 6. The molecule has 0 aliphatic rings. The van der Waals surface area contributed by atoms with Gasteiger partial charge in [-0.05, 0) is 66.2 Å². The number of nitrogens with one attached hydrogen (secondary N) is 3. The van der Waals surface area contributed by atoms with Gasteiger partial charge in [-0.3, -0.25) is 19.4 Å². The van der Waals surface area contributed by atoms with Crippen LogP contribution in [-0.4, -0.2) is 33.4 Å². The Morgan fingerprint density at radius 3 is 2.34 bits per heavy atom. The summed E-state index contributed by atoms with van der Waals surface area (Å²) in [6, 6.07) is 22.5. The van der Waals surface area contributed by atoms with E-state index in [1.54, 1.807) is 97.3 Å². The number of hydrogen-bond donors (Lipinski definition) is 3. The van der Waals surface area contributed by atoms with Crippen molar-refractivity contribution < 1.29 is 14.4 Å². The van der Waals surface area contributed by atoms with Gasteiger partial charge in [0.2, 0.25) is 5.91 Å². The summed E-state index contributed by atoms with van der Waals surface area (Å²) in [5.74, 6) is -0.503. The smallest absolute Gasteiger partial charge is 0.272 e. The number of halogens is 1. The van der Waals surface area contributed by atoms with E-state index in [-0.39, 0.29) is 17.4 Å². The van der Waals surface area contributed by atoms with Crippen molar-refractivity contribution in [3.05, 3.63) is 119 Å². The molecule has 2 aromatic heterocycles. The Balaban J connectivity index is 1.38. The molecular weight excluding hydrogens is 522 g/mol. The van der Waals surface area contributed by atoms with Gasteiger partial charge in [0.1, 0.15) is 11.5 Å². The lowest BCUT2D eigenvalue weighted by Gasteiger charge is -2.12. The largest absolute Gasteiger partial charge is 0.321 e. The number of carbonyl (C=O) groups excluding carboxylic acids is 3. The van der Waals surface area contributed by atoms with Gasteiger partial charge in [-0.2, -0.15) is 0 Å². The Kier molecular flexibility index (Phi) is 9.22. The molecule has 0 saturated heterocycles. The van der Waals surface area contributed by atoms with Crippen LogP contribution in [-0.2, 0) is 9.59 Å². The molecule has 4 rings (SSSR count). The highest BCUT2D eigenvalue weighted by atomic mass is 35.5. The molecule has 190 valence electrons. The minimum Gasteiger partial charge on any atom is -0.321 e. The fourth-order valence-electron chi connectivity index (χ4n) is 3.18. The van der Waals surface area contributed by atoms with Crippen LogP contribution in [0.3, 0.4) is 0 Å². The molecule has 0 aliphatic carbocycles. The van der Waals surface area contributed by atoms with Gasteiger partial charge in [0.05, 0.1) is 10.8 Å². The lowest BCUT2D eigenvalue weighted by Crippen LogP contribution is -2.30. The minimum atomic E-state index is -0.492. The van der Waals surface area contributed by atoms with Crippen molar-refractivity contribution in [2.75, 3.05) is 16.4 Å². The van der Waals surface area contributed by atoms with E-state index in [9.17, 15) is 14.4 Å². The summed E-state index contributed by atoms with van der Waals surface area (Å²) >= 11 is 7.14. The number of thioether (sulfide) groups is 1. The van der Waals surface area contributed by atoms with Crippen LogP contribution in [0.4, 0.5) is 11.5 Å². The number of nitrogens with zero attached hydrogens (tertiary/aromatic N) is 2. The molecule has 0 bridgehead atoms. The van der Waals surface area contributed by atoms with Crippen molar-refractivity contribution in [2.45, 2.75) is 4.90 Å². The summed E-state index contributed by atoms with van der Waals surface area (Å²) in [6.45, 7) is 0. The van der Waals surface area contributed by atoms with Crippen molar-refractivity contribution in [1.82, 2.24) is 15.3 Å². The molecule has 0 unspecified atom stereocenters. The monoisotopic (exact) mass is 543 g/mol. The summed E-state index contributed by atoms with van der Waals surface area (Å²) in [4.78, 5) is 46.9. The number of rotatable bonds is 9. The van der Waals surface area contributed by atoms with Crippen LogP contribution < -0.4 is 16.0 Å². The first-order valence-corrected chi connectivity index (χ1v) is 12.8. The zero-order valence-corrected chi connectivity index (χ0v) is 21.5. The third-order valence-corrected chi connectivity index (χ3v) is 6.24. The zero-order chi connectivity index (χ0) is 26.7. The molecule has 10 heteroatoms. The van der Waals surface area contributed by atoms with E-state index >= 15 is 0 Å². The molecule has 0 fully saturated rings. The maximum absolute atomic E-state index is 13.1. The van der Waals surface area contributed by atoms with Gasteiger partial charge in [-0.15, -0.1) is 11.8 Å². The number of pyridine rings is 2. The summed E-state index contributed by atoms with van der Waals surface area (Å²) in [6.07, 6.45) is 6.23. The fourth-order valence-corrected chi connectivity index (χ4v) is 3.99. The van der Waals surface area contributed by atoms with E-state index in [2.05, 4.69) is 25.9 Å². The average molecular weight is 544 g/mol. The number of amides is 3. The zero-order valence-electron chi connectivity index (χ0n) is 19.9. The van der Waals surface area contributed by atoms with Gasteiger partial charge in [0, 0.05) is 34.7 Å². The molecule has 2 aromatic carbocycles. The maximum atomic E-state index is 13.1. The molecule has 8 nitrogen and oxygen atoms in total. The van der Waals surface area contributed by atoms with Crippen LogP contribution in [0.5, 0.6) is 0 Å². The topological polar surface area (TPSA) is 113 Å². The third kappa shape index (κ3) is 8.02. The number of aromatic nitrogens is 2. The van der Waals surface area contributed by atoms with Gasteiger partial charge >= 0.3 is 0 Å². The molecule has 0 spiro atoms. The van der Waals surface area contributed by atoms with Gasteiger partial charge in [0.25, 0.3) is 11.8 Å². The van der Waals surface area contributed by atoms with Crippen molar-refractivity contribution in [1.29, 1.82) is 0 Å².